The number of fused-ring (bicyclic) bond motifs is 2. The van der Waals surface area contributed by atoms with Crippen molar-refractivity contribution in [3.8, 4) is 0 Å². The molecule has 2 saturated heterocycles. The molecule has 0 aromatic heterocycles. The molecule has 0 N–H and O–H groups in total. The quantitative estimate of drug-likeness (QED) is 0.404. The summed E-state index contributed by atoms with van der Waals surface area (Å²) in [5, 5.41) is 0. The number of hydrogen-bond acceptors (Lipinski definition) is 5. The summed E-state index contributed by atoms with van der Waals surface area (Å²) in [6, 6.07) is 0. The monoisotopic (exact) mass is 240 g/mol. The van der Waals surface area contributed by atoms with Crippen LogP contribution in [0.5, 0.6) is 0 Å². The molecular weight excluding hydrogens is 224 g/mol. The van der Waals surface area contributed by atoms with Crippen LogP contribution in [0.4, 0.5) is 0 Å². The van der Waals surface area contributed by atoms with Crippen LogP contribution in [0, 0.1) is 0 Å². The molecule has 0 spiro atoms. The molecule has 4 atom stereocenters. The molecule has 5 heteroatoms. The first-order valence-electron chi connectivity index (χ1n) is 5.57. The molecule has 2 fully saturated rings. The Hall–Kier alpha value is -1.17. The lowest BCUT2D eigenvalue weighted by Gasteiger charge is -2.32. The van der Waals surface area contributed by atoms with Gasteiger partial charge in [0.25, 0.3) is 0 Å². The van der Waals surface area contributed by atoms with Gasteiger partial charge in [0.15, 0.2) is 12.4 Å². The molecule has 2 aliphatic rings. The van der Waals surface area contributed by atoms with Gasteiger partial charge in [-0.3, -0.25) is 0 Å². The third-order valence-electron chi connectivity index (χ3n) is 2.78. The topological polar surface area (TPSA) is 54.0 Å². The van der Waals surface area contributed by atoms with E-state index in [4.69, 9.17) is 18.9 Å². The van der Waals surface area contributed by atoms with E-state index in [0.29, 0.717) is 19.6 Å². The zero-order valence-electron chi connectivity index (χ0n) is 9.54. The number of esters is 1. The molecule has 2 bridgehead atoms. The summed E-state index contributed by atoms with van der Waals surface area (Å²) in [6.45, 7) is 7.86. The second-order valence-electron chi connectivity index (χ2n) is 3.95. The van der Waals surface area contributed by atoms with Crippen molar-refractivity contribution < 1.29 is 23.7 Å². The molecule has 0 amide bonds. The fourth-order valence-corrected chi connectivity index (χ4v) is 1.99. The Balaban J connectivity index is 1.95. The highest BCUT2D eigenvalue weighted by Crippen LogP contribution is 2.31. The lowest BCUT2D eigenvalue weighted by Crippen LogP contribution is -2.45. The highest BCUT2D eigenvalue weighted by Gasteiger charge is 2.46. The molecule has 4 unspecified atom stereocenters. The average Bonchev–Trinajstić information content (AvgIpc) is 2.76. The lowest BCUT2D eigenvalue weighted by molar-refractivity contribution is -0.205. The van der Waals surface area contributed by atoms with Crippen LogP contribution in [0.2, 0.25) is 0 Å². The van der Waals surface area contributed by atoms with E-state index in [9.17, 15) is 4.79 Å². The van der Waals surface area contributed by atoms with Crippen LogP contribution in [0.15, 0.2) is 25.3 Å². The van der Waals surface area contributed by atoms with Gasteiger partial charge in [-0.1, -0.05) is 12.7 Å². The molecule has 2 rings (SSSR count). The zero-order valence-corrected chi connectivity index (χ0v) is 9.54. The fourth-order valence-electron chi connectivity index (χ4n) is 1.99. The van der Waals surface area contributed by atoms with Gasteiger partial charge in [0.2, 0.25) is 0 Å². The summed E-state index contributed by atoms with van der Waals surface area (Å²) in [6.07, 6.45) is 2.24. The number of carbonyl (C=O) groups excluding carboxylic acids is 1. The first-order chi connectivity index (χ1) is 8.24. The van der Waals surface area contributed by atoms with Gasteiger partial charge < -0.3 is 18.9 Å². The van der Waals surface area contributed by atoms with Crippen molar-refractivity contribution in [1.29, 1.82) is 0 Å². The molecule has 0 saturated carbocycles. The second kappa shape index (κ2) is 5.44. The van der Waals surface area contributed by atoms with Gasteiger partial charge in [-0.15, -0.1) is 6.58 Å². The summed E-state index contributed by atoms with van der Waals surface area (Å²) in [7, 11) is 0. The van der Waals surface area contributed by atoms with Crippen molar-refractivity contribution in [2.75, 3.05) is 13.2 Å². The Morgan fingerprint density at radius 2 is 2.24 bits per heavy atom. The zero-order chi connectivity index (χ0) is 12.3. The van der Waals surface area contributed by atoms with Crippen molar-refractivity contribution in [3.05, 3.63) is 25.3 Å². The molecule has 5 nitrogen and oxygen atoms in total. The number of hydrogen-bond donors (Lipinski definition) is 0. The van der Waals surface area contributed by atoms with Gasteiger partial charge in [-0.2, -0.15) is 0 Å². The molecular formula is C12H16O5. The van der Waals surface area contributed by atoms with E-state index in [-0.39, 0.29) is 12.2 Å². The van der Waals surface area contributed by atoms with Crippen LogP contribution >= 0.6 is 0 Å². The van der Waals surface area contributed by atoms with Crippen LogP contribution in [0.1, 0.15) is 6.42 Å². The van der Waals surface area contributed by atoms with Crippen LogP contribution in [0.3, 0.4) is 0 Å². The highest BCUT2D eigenvalue weighted by molar-refractivity contribution is 5.81. The predicted molar refractivity (Wildman–Crippen MR) is 59.2 cm³/mol. The lowest BCUT2D eigenvalue weighted by atomic mass is 10.0. The SMILES string of the molecule is C=CCOC1CC(OC(=O)C=C)C2OCC1O2. The Labute approximate surface area is 100.0 Å². The van der Waals surface area contributed by atoms with Crippen molar-refractivity contribution in [2.45, 2.75) is 31.0 Å². The van der Waals surface area contributed by atoms with Gasteiger partial charge in [-0.05, 0) is 0 Å². The maximum atomic E-state index is 11.2. The van der Waals surface area contributed by atoms with Crippen molar-refractivity contribution in [2.24, 2.45) is 0 Å². The van der Waals surface area contributed by atoms with Crippen LogP contribution < -0.4 is 0 Å². The molecule has 0 aliphatic carbocycles. The first kappa shape index (κ1) is 12.3. The van der Waals surface area contributed by atoms with Crippen molar-refractivity contribution in [1.82, 2.24) is 0 Å². The second-order valence-corrected chi connectivity index (χ2v) is 3.95. The minimum atomic E-state index is -0.479. The maximum Gasteiger partial charge on any atom is 0.330 e. The molecule has 0 radical (unpaired) electrons. The number of rotatable bonds is 5. The van der Waals surface area contributed by atoms with E-state index in [1.54, 1.807) is 6.08 Å². The summed E-state index contributed by atoms with van der Waals surface area (Å²) in [5.41, 5.74) is 0. The van der Waals surface area contributed by atoms with E-state index >= 15 is 0 Å². The van der Waals surface area contributed by atoms with E-state index in [2.05, 4.69) is 13.2 Å². The maximum absolute atomic E-state index is 11.2. The van der Waals surface area contributed by atoms with Crippen LogP contribution in [0.25, 0.3) is 0 Å². The Bertz CT molecular complexity index is 314. The summed E-state index contributed by atoms with van der Waals surface area (Å²) in [5.74, 6) is -0.477. The minimum absolute atomic E-state index is 0.0846. The Morgan fingerprint density at radius 1 is 1.41 bits per heavy atom. The molecule has 2 heterocycles. The van der Waals surface area contributed by atoms with Crippen molar-refractivity contribution >= 4 is 5.97 Å². The summed E-state index contributed by atoms with van der Waals surface area (Å²) >= 11 is 0. The number of ether oxygens (including phenoxy) is 4. The minimum Gasteiger partial charge on any atom is -0.454 e. The molecule has 94 valence electrons. The standard InChI is InChI=1S/C12H16O5/c1-3-5-14-8-6-9(16-11(13)4-2)12-15-7-10(8)17-12/h3-4,8-10,12H,1-2,5-7H2. The van der Waals surface area contributed by atoms with Crippen molar-refractivity contribution in [3.63, 3.8) is 0 Å². The highest BCUT2D eigenvalue weighted by atomic mass is 16.8. The smallest absolute Gasteiger partial charge is 0.330 e. The third-order valence-corrected chi connectivity index (χ3v) is 2.78. The van der Waals surface area contributed by atoms with Crippen LogP contribution in [-0.2, 0) is 23.7 Å². The van der Waals surface area contributed by atoms with Crippen LogP contribution in [-0.4, -0.2) is 43.8 Å². The molecule has 17 heavy (non-hydrogen) atoms. The Kier molecular flexibility index (Phi) is 3.93. The van der Waals surface area contributed by atoms with E-state index < -0.39 is 18.4 Å². The largest absolute Gasteiger partial charge is 0.454 e. The molecule has 2 aliphatic heterocycles. The number of carbonyl (C=O) groups is 1. The van der Waals surface area contributed by atoms with Gasteiger partial charge in [0.05, 0.1) is 19.3 Å². The normalized spacial score (nSPS) is 35.3. The summed E-state index contributed by atoms with van der Waals surface area (Å²) < 4.78 is 21.7. The van der Waals surface area contributed by atoms with E-state index in [1.807, 2.05) is 0 Å². The predicted octanol–water partition coefficient (Wildman–Crippen LogP) is 0.801. The third kappa shape index (κ3) is 2.74. The first-order valence-corrected chi connectivity index (χ1v) is 5.57. The average molecular weight is 240 g/mol. The van der Waals surface area contributed by atoms with Gasteiger partial charge >= 0.3 is 5.97 Å². The van der Waals surface area contributed by atoms with Gasteiger partial charge in [-0.25, -0.2) is 4.79 Å². The van der Waals surface area contributed by atoms with E-state index in [0.717, 1.165) is 6.08 Å². The fraction of sp³-hybridized carbons (Fsp3) is 0.583. The summed E-state index contributed by atoms with van der Waals surface area (Å²) in [4.78, 5) is 11.2. The molecule has 0 aromatic carbocycles. The van der Waals surface area contributed by atoms with E-state index in [1.165, 1.54) is 0 Å². The Morgan fingerprint density at radius 3 is 2.94 bits per heavy atom. The molecule has 0 aromatic rings. The van der Waals surface area contributed by atoms with Gasteiger partial charge in [0, 0.05) is 12.5 Å². The van der Waals surface area contributed by atoms with Gasteiger partial charge in [0.1, 0.15) is 6.10 Å².